The first-order chi connectivity index (χ1) is 9.74. The first kappa shape index (κ1) is 16.4. The van der Waals surface area contributed by atoms with Crippen LogP contribution in [0.3, 0.4) is 0 Å². The Labute approximate surface area is 118 Å². The summed E-state index contributed by atoms with van der Waals surface area (Å²) in [7, 11) is 1.64. The molecule has 6 heteroatoms. The standard InChI is InChI=1S/C14H21NO5/c1-18-9-10-19-7-5-15-6-8-20-13-4-2-3-12(11-13)14(16)17/h2-4,11,15H,5-10H2,1H3,(H,16,17). The average Bonchev–Trinajstić information content (AvgIpc) is 2.46. The molecule has 1 rings (SSSR count). The van der Waals surface area contributed by atoms with Crippen LogP contribution >= 0.6 is 0 Å². The van der Waals surface area contributed by atoms with Crippen LogP contribution in [-0.2, 0) is 9.47 Å². The summed E-state index contributed by atoms with van der Waals surface area (Å²) >= 11 is 0. The minimum atomic E-state index is -0.957. The van der Waals surface area contributed by atoms with Crippen LogP contribution in [0, 0.1) is 0 Å². The van der Waals surface area contributed by atoms with Crippen molar-refractivity contribution in [3.63, 3.8) is 0 Å². The lowest BCUT2D eigenvalue weighted by atomic mass is 10.2. The van der Waals surface area contributed by atoms with E-state index in [4.69, 9.17) is 19.3 Å². The number of benzene rings is 1. The minimum Gasteiger partial charge on any atom is -0.492 e. The van der Waals surface area contributed by atoms with E-state index in [2.05, 4.69) is 5.32 Å². The van der Waals surface area contributed by atoms with E-state index >= 15 is 0 Å². The van der Waals surface area contributed by atoms with E-state index < -0.39 is 5.97 Å². The number of carboxylic acid groups (broad SMARTS) is 1. The van der Waals surface area contributed by atoms with E-state index in [0.717, 1.165) is 6.54 Å². The van der Waals surface area contributed by atoms with Crippen molar-refractivity contribution in [1.29, 1.82) is 0 Å². The second-order valence-corrected chi connectivity index (χ2v) is 4.04. The molecule has 20 heavy (non-hydrogen) atoms. The smallest absolute Gasteiger partial charge is 0.335 e. The number of carboxylic acids is 1. The number of nitrogens with one attached hydrogen (secondary N) is 1. The van der Waals surface area contributed by atoms with Gasteiger partial charge in [0, 0.05) is 20.2 Å². The summed E-state index contributed by atoms with van der Waals surface area (Å²) in [5.74, 6) is -0.398. The highest BCUT2D eigenvalue weighted by molar-refractivity contribution is 5.87. The van der Waals surface area contributed by atoms with E-state index in [0.29, 0.717) is 38.7 Å². The van der Waals surface area contributed by atoms with Gasteiger partial charge in [-0.1, -0.05) is 6.07 Å². The van der Waals surface area contributed by atoms with Gasteiger partial charge in [-0.05, 0) is 18.2 Å². The Kier molecular flexibility index (Phi) is 8.37. The van der Waals surface area contributed by atoms with Crippen molar-refractivity contribution >= 4 is 5.97 Å². The summed E-state index contributed by atoms with van der Waals surface area (Å²) in [5, 5.41) is 12.0. The molecule has 0 aliphatic carbocycles. The minimum absolute atomic E-state index is 0.224. The molecular formula is C14H21NO5. The van der Waals surface area contributed by atoms with Gasteiger partial charge in [-0.25, -0.2) is 4.79 Å². The maximum atomic E-state index is 10.8. The number of ether oxygens (including phenoxy) is 3. The molecular weight excluding hydrogens is 262 g/mol. The molecule has 0 radical (unpaired) electrons. The number of hydrogen-bond acceptors (Lipinski definition) is 5. The molecule has 0 saturated heterocycles. The molecule has 1 aromatic rings. The van der Waals surface area contributed by atoms with Crippen molar-refractivity contribution in [2.45, 2.75) is 0 Å². The summed E-state index contributed by atoms with van der Waals surface area (Å²) in [6, 6.07) is 6.44. The van der Waals surface area contributed by atoms with Crippen molar-refractivity contribution in [3.05, 3.63) is 29.8 Å². The molecule has 0 bridgehead atoms. The van der Waals surface area contributed by atoms with Crippen LogP contribution in [0.1, 0.15) is 10.4 Å². The van der Waals surface area contributed by atoms with Crippen molar-refractivity contribution < 1.29 is 24.1 Å². The van der Waals surface area contributed by atoms with Gasteiger partial charge in [0.1, 0.15) is 12.4 Å². The molecule has 0 heterocycles. The van der Waals surface area contributed by atoms with Crippen LogP contribution in [-0.4, -0.2) is 57.7 Å². The molecule has 0 spiro atoms. The van der Waals surface area contributed by atoms with Crippen LogP contribution in [0.4, 0.5) is 0 Å². The Balaban J connectivity index is 2.06. The van der Waals surface area contributed by atoms with Crippen LogP contribution in [0.15, 0.2) is 24.3 Å². The van der Waals surface area contributed by atoms with E-state index in [1.54, 1.807) is 19.2 Å². The number of aromatic carboxylic acids is 1. The quantitative estimate of drug-likeness (QED) is 0.590. The van der Waals surface area contributed by atoms with Crippen LogP contribution < -0.4 is 10.1 Å². The van der Waals surface area contributed by atoms with Crippen molar-refractivity contribution in [3.8, 4) is 5.75 Å². The largest absolute Gasteiger partial charge is 0.492 e. The Bertz CT molecular complexity index is 397. The SMILES string of the molecule is COCCOCCNCCOc1cccc(C(=O)O)c1. The second kappa shape index (κ2) is 10.2. The lowest BCUT2D eigenvalue weighted by Gasteiger charge is -2.08. The van der Waals surface area contributed by atoms with Crippen LogP contribution in [0.5, 0.6) is 5.75 Å². The van der Waals surface area contributed by atoms with Gasteiger partial charge in [0.25, 0.3) is 0 Å². The lowest BCUT2D eigenvalue weighted by Crippen LogP contribution is -2.25. The average molecular weight is 283 g/mol. The fourth-order valence-electron chi connectivity index (χ4n) is 1.47. The number of carbonyl (C=O) groups is 1. The zero-order valence-electron chi connectivity index (χ0n) is 11.6. The third-order valence-corrected chi connectivity index (χ3v) is 2.48. The Hall–Kier alpha value is -1.63. The van der Waals surface area contributed by atoms with Gasteiger partial charge in [0.2, 0.25) is 0 Å². The van der Waals surface area contributed by atoms with E-state index in [-0.39, 0.29) is 5.56 Å². The van der Waals surface area contributed by atoms with Gasteiger partial charge in [-0.15, -0.1) is 0 Å². The number of hydrogen-bond donors (Lipinski definition) is 2. The second-order valence-electron chi connectivity index (χ2n) is 4.04. The molecule has 0 amide bonds. The summed E-state index contributed by atoms with van der Waals surface area (Å²) in [4.78, 5) is 10.8. The maximum Gasteiger partial charge on any atom is 0.335 e. The lowest BCUT2D eigenvalue weighted by molar-refractivity contribution is 0.0696. The van der Waals surface area contributed by atoms with Crippen LogP contribution in [0.25, 0.3) is 0 Å². The highest BCUT2D eigenvalue weighted by atomic mass is 16.5. The summed E-state index contributed by atoms with van der Waals surface area (Å²) < 4.78 is 15.6. The maximum absolute atomic E-state index is 10.8. The van der Waals surface area contributed by atoms with E-state index in [1.807, 2.05) is 0 Å². The first-order valence-electron chi connectivity index (χ1n) is 6.47. The van der Waals surface area contributed by atoms with Gasteiger partial charge in [0.05, 0.1) is 25.4 Å². The molecule has 0 saturated carbocycles. The summed E-state index contributed by atoms with van der Waals surface area (Å²) in [5.41, 5.74) is 0.224. The first-order valence-corrected chi connectivity index (χ1v) is 6.47. The Morgan fingerprint density at radius 3 is 2.75 bits per heavy atom. The molecule has 0 aliphatic rings. The Morgan fingerprint density at radius 2 is 2.00 bits per heavy atom. The zero-order chi connectivity index (χ0) is 14.6. The normalized spacial score (nSPS) is 10.4. The molecule has 0 atom stereocenters. The number of methoxy groups -OCH3 is 1. The molecule has 6 nitrogen and oxygen atoms in total. The predicted octanol–water partition coefficient (Wildman–Crippen LogP) is 1.02. The molecule has 112 valence electrons. The van der Waals surface area contributed by atoms with Crippen molar-refractivity contribution in [1.82, 2.24) is 5.32 Å². The highest BCUT2D eigenvalue weighted by Crippen LogP contribution is 2.12. The summed E-state index contributed by atoms with van der Waals surface area (Å²) in [6.45, 7) is 3.70. The molecule has 0 aliphatic heterocycles. The fraction of sp³-hybridized carbons (Fsp3) is 0.500. The third kappa shape index (κ3) is 7.08. The molecule has 0 unspecified atom stereocenters. The zero-order valence-corrected chi connectivity index (χ0v) is 11.6. The monoisotopic (exact) mass is 283 g/mol. The van der Waals surface area contributed by atoms with Gasteiger partial charge in [0.15, 0.2) is 0 Å². The van der Waals surface area contributed by atoms with E-state index in [9.17, 15) is 4.79 Å². The van der Waals surface area contributed by atoms with Gasteiger partial charge >= 0.3 is 5.97 Å². The molecule has 1 aromatic carbocycles. The van der Waals surface area contributed by atoms with Gasteiger partial charge in [-0.3, -0.25) is 0 Å². The fourth-order valence-corrected chi connectivity index (χ4v) is 1.47. The van der Waals surface area contributed by atoms with E-state index in [1.165, 1.54) is 12.1 Å². The third-order valence-electron chi connectivity index (χ3n) is 2.48. The highest BCUT2D eigenvalue weighted by Gasteiger charge is 2.03. The predicted molar refractivity (Wildman–Crippen MR) is 74.5 cm³/mol. The molecule has 2 N–H and O–H groups in total. The number of rotatable bonds is 11. The van der Waals surface area contributed by atoms with Crippen molar-refractivity contribution in [2.24, 2.45) is 0 Å². The Morgan fingerprint density at radius 1 is 1.20 bits per heavy atom. The summed E-state index contributed by atoms with van der Waals surface area (Å²) in [6.07, 6.45) is 0. The van der Waals surface area contributed by atoms with Gasteiger partial charge in [-0.2, -0.15) is 0 Å². The molecule has 0 fully saturated rings. The van der Waals surface area contributed by atoms with Gasteiger partial charge < -0.3 is 24.6 Å². The van der Waals surface area contributed by atoms with Crippen molar-refractivity contribution in [2.75, 3.05) is 46.6 Å². The molecule has 0 aromatic heterocycles. The van der Waals surface area contributed by atoms with Crippen LogP contribution in [0.2, 0.25) is 0 Å². The topological polar surface area (TPSA) is 77.0 Å².